The number of carbonyl (C=O) groups is 2. The number of rotatable bonds is 6. The van der Waals surface area contributed by atoms with E-state index in [1.165, 1.54) is 4.21 Å². The summed E-state index contributed by atoms with van der Waals surface area (Å²) in [5.41, 5.74) is 7.55. The van der Waals surface area contributed by atoms with E-state index in [1.807, 2.05) is 40.6 Å². The smallest absolute Gasteiger partial charge is 0.290 e. The summed E-state index contributed by atoms with van der Waals surface area (Å²) in [4.78, 5) is 33.4. The van der Waals surface area contributed by atoms with Gasteiger partial charge in [0.15, 0.2) is 5.76 Å². The summed E-state index contributed by atoms with van der Waals surface area (Å²) < 4.78 is 7.26. The van der Waals surface area contributed by atoms with Crippen molar-refractivity contribution in [3.8, 4) is 0 Å². The van der Waals surface area contributed by atoms with Crippen LogP contribution in [0.5, 0.6) is 0 Å². The predicted molar refractivity (Wildman–Crippen MR) is 131 cm³/mol. The van der Waals surface area contributed by atoms with Crippen LogP contribution >= 0.6 is 23.1 Å². The third kappa shape index (κ3) is 4.34. The van der Waals surface area contributed by atoms with Crippen LogP contribution in [0.4, 0.5) is 5.82 Å². The third-order valence-corrected chi connectivity index (χ3v) is 7.82. The van der Waals surface area contributed by atoms with Crippen molar-refractivity contribution < 1.29 is 14.0 Å². The van der Waals surface area contributed by atoms with Gasteiger partial charge in [0.25, 0.3) is 11.8 Å². The van der Waals surface area contributed by atoms with Gasteiger partial charge in [-0.15, -0.1) is 23.1 Å². The largest absolute Gasteiger partial charge is 0.451 e. The van der Waals surface area contributed by atoms with E-state index in [4.69, 9.17) is 10.2 Å². The number of fused-ring (bicyclic) bond motifs is 1. The Bertz CT molecular complexity index is 1290. The highest BCUT2D eigenvalue weighted by molar-refractivity contribution is 8.00. The Morgan fingerprint density at radius 2 is 1.88 bits per heavy atom. The number of carbonyl (C=O) groups excluding carboxylic acids is 2. The van der Waals surface area contributed by atoms with Gasteiger partial charge in [-0.05, 0) is 29.6 Å². The molecule has 2 amide bonds. The van der Waals surface area contributed by atoms with Crippen molar-refractivity contribution >= 4 is 51.7 Å². The Morgan fingerprint density at radius 1 is 1.06 bits per heavy atom. The molecule has 4 heterocycles. The summed E-state index contributed by atoms with van der Waals surface area (Å²) in [5.74, 6) is 1.02. The van der Waals surface area contributed by atoms with Crippen molar-refractivity contribution in [3.63, 3.8) is 0 Å². The van der Waals surface area contributed by atoms with Crippen molar-refractivity contribution in [1.29, 1.82) is 0 Å². The second kappa shape index (κ2) is 9.29. The molecule has 2 N–H and O–H groups in total. The van der Waals surface area contributed by atoms with Crippen LogP contribution in [0, 0.1) is 0 Å². The lowest BCUT2D eigenvalue weighted by Gasteiger charge is -2.35. The summed E-state index contributed by atoms with van der Waals surface area (Å²) in [5, 5.41) is 3.02. The topological polar surface area (TPSA) is 92.7 Å². The molecule has 1 fully saturated rings. The molecule has 168 valence electrons. The molecule has 33 heavy (non-hydrogen) atoms. The van der Waals surface area contributed by atoms with Crippen molar-refractivity contribution in [2.24, 2.45) is 5.73 Å². The molecule has 1 aromatic carbocycles. The van der Waals surface area contributed by atoms with Crippen molar-refractivity contribution in [3.05, 3.63) is 77.0 Å². The molecule has 0 aliphatic carbocycles. The van der Waals surface area contributed by atoms with Crippen LogP contribution in [0.15, 0.2) is 68.7 Å². The first-order valence-corrected chi connectivity index (χ1v) is 12.4. The van der Waals surface area contributed by atoms with Crippen LogP contribution < -0.4 is 10.6 Å². The van der Waals surface area contributed by atoms with Gasteiger partial charge in [-0.25, -0.2) is 4.98 Å². The van der Waals surface area contributed by atoms with Crippen molar-refractivity contribution in [2.75, 3.05) is 31.1 Å². The molecule has 5 rings (SSSR count). The first kappa shape index (κ1) is 21.5. The number of primary amides is 1. The van der Waals surface area contributed by atoms with Gasteiger partial charge in [0.05, 0.1) is 9.77 Å². The maximum Gasteiger partial charge on any atom is 0.290 e. The van der Waals surface area contributed by atoms with Crippen LogP contribution in [-0.4, -0.2) is 47.9 Å². The molecule has 4 aromatic rings. The Morgan fingerprint density at radius 3 is 2.64 bits per heavy atom. The molecule has 1 aliphatic rings. The van der Waals surface area contributed by atoms with Crippen molar-refractivity contribution in [2.45, 2.75) is 9.96 Å². The van der Waals surface area contributed by atoms with Crippen LogP contribution in [0.1, 0.15) is 26.5 Å². The molecule has 7 nitrogen and oxygen atoms in total. The van der Waals surface area contributed by atoms with Crippen LogP contribution in [0.3, 0.4) is 0 Å². The highest BCUT2D eigenvalue weighted by atomic mass is 32.2. The molecule has 0 spiro atoms. The summed E-state index contributed by atoms with van der Waals surface area (Å²) in [6.07, 6.45) is 1.64. The van der Waals surface area contributed by atoms with Crippen LogP contribution in [0.2, 0.25) is 0 Å². The van der Waals surface area contributed by atoms with Gasteiger partial charge in [0.1, 0.15) is 11.4 Å². The number of nitrogens with zero attached hydrogens (tertiary/aromatic N) is 3. The number of furan rings is 1. The maximum absolute atomic E-state index is 13.5. The van der Waals surface area contributed by atoms with Crippen molar-refractivity contribution in [1.82, 2.24) is 9.88 Å². The second-order valence-corrected chi connectivity index (χ2v) is 9.87. The fourth-order valence-electron chi connectivity index (χ4n) is 4.01. The van der Waals surface area contributed by atoms with E-state index in [0.717, 1.165) is 16.5 Å². The lowest BCUT2D eigenvalue weighted by Crippen LogP contribution is -2.49. The minimum atomic E-state index is -0.508. The fourth-order valence-corrected chi connectivity index (χ4v) is 5.82. The fraction of sp³-hybridized carbons (Fsp3) is 0.208. The number of hydrogen-bond acceptors (Lipinski definition) is 7. The quantitative estimate of drug-likeness (QED) is 0.417. The highest BCUT2D eigenvalue weighted by Gasteiger charge is 2.29. The Labute approximate surface area is 199 Å². The number of hydrogen-bond donors (Lipinski definition) is 1. The molecule has 3 aromatic heterocycles. The average Bonchev–Trinajstić information content (AvgIpc) is 3.50. The number of pyridine rings is 1. The van der Waals surface area contributed by atoms with E-state index >= 15 is 0 Å². The Balaban J connectivity index is 1.35. The number of benzene rings is 1. The van der Waals surface area contributed by atoms with E-state index in [2.05, 4.69) is 11.1 Å². The summed E-state index contributed by atoms with van der Waals surface area (Å²) in [6, 6.07) is 15.3. The molecule has 0 radical (unpaired) electrons. The molecule has 1 aliphatic heterocycles. The highest BCUT2D eigenvalue weighted by Crippen LogP contribution is 2.34. The van der Waals surface area contributed by atoms with E-state index in [0.29, 0.717) is 49.1 Å². The number of anilines is 1. The first-order valence-electron chi connectivity index (χ1n) is 10.6. The Hall–Kier alpha value is -3.30. The molecule has 0 unspecified atom stereocenters. The zero-order chi connectivity index (χ0) is 22.8. The number of nitrogens with two attached hydrogens (primary N) is 1. The summed E-state index contributed by atoms with van der Waals surface area (Å²) in [7, 11) is 0. The van der Waals surface area contributed by atoms with Gasteiger partial charge in [-0.2, -0.15) is 0 Å². The van der Waals surface area contributed by atoms with E-state index < -0.39 is 5.91 Å². The predicted octanol–water partition coefficient (Wildman–Crippen LogP) is 4.24. The summed E-state index contributed by atoms with van der Waals surface area (Å²) in [6.45, 7) is 2.12. The minimum absolute atomic E-state index is 0.108. The lowest BCUT2D eigenvalue weighted by molar-refractivity contribution is 0.0715. The molecule has 0 saturated carbocycles. The van der Waals surface area contributed by atoms with Crippen LogP contribution in [-0.2, 0) is 5.75 Å². The molecule has 0 atom stereocenters. The SMILES string of the molecule is NC(=O)c1cccnc1N1CCN(C(=O)c2oc3ccccc3c2CSc2cccs2)CC1. The standard InChI is InChI=1S/C24H22N4O3S2/c25-22(29)17-6-3-9-26-23(17)27-10-12-28(13-11-27)24(30)21-18(15-33-20-8-4-14-32-20)16-5-1-2-7-19(16)31-21/h1-9,14H,10-13,15H2,(H2,25,29). The number of para-hydroxylation sites is 1. The molecular weight excluding hydrogens is 456 g/mol. The lowest BCUT2D eigenvalue weighted by atomic mass is 10.1. The molecule has 0 bridgehead atoms. The molecule has 1 saturated heterocycles. The normalized spacial score (nSPS) is 14.1. The minimum Gasteiger partial charge on any atom is -0.451 e. The van der Waals surface area contributed by atoms with Gasteiger partial charge in [0, 0.05) is 49.1 Å². The average molecular weight is 479 g/mol. The number of amides is 2. The number of thiophene rings is 1. The molecule has 9 heteroatoms. The van der Waals surface area contributed by atoms with Gasteiger partial charge < -0.3 is 20.0 Å². The van der Waals surface area contributed by atoms with E-state index in [1.54, 1.807) is 46.3 Å². The zero-order valence-electron chi connectivity index (χ0n) is 17.8. The first-order chi connectivity index (χ1) is 16.1. The van der Waals surface area contributed by atoms with Gasteiger partial charge in [-0.1, -0.05) is 24.3 Å². The maximum atomic E-state index is 13.5. The number of thioether (sulfide) groups is 1. The third-order valence-electron chi connectivity index (χ3n) is 5.66. The molecular formula is C24H22N4O3S2. The number of aromatic nitrogens is 1. The van der Waals surface area contributed by atoms with Gasteiger partial charge in [-0.3, -0.25) is 9.59 Å². The number of piperazine rings is 1. The summed E-state index contributed by atoms with van der Waals surface area (Å²) >= 11 is 3.39. The van der Waals surface area contributed by atoms with E-state index in [9.17, 15) is 9.59 Å². The van der Waals surface area contributed by atoms with Crippen LogP contribution in [0.25, 0.3) is 11.0 Å². The van der Waals surface area contributed by atoms with E-state index in [-0.39, 0.29) is 5.91 Å². The zero-order valence-corrected chi connectivity index (χ0v) is 19.4. The Kier molecular flexibility index (Phi) is 6.06. The van der Waals surface area contributed by atoms with Gasteiger partial charge >= 0.3 is 0 Å². The second-order valence-electron chi connectivity index (χ2n) is 7.64. The monoisotopic (exact) mass is 478 g/mol. The van der Waals surface area contributed by atoms with Gasteiger partial charge in [0.2, 0.25) is 0 Å².